The molecule has 5 aromatic heterocycles. The van der Waals surface area contributed by atoms with Gasteiger partial charge in [0.1, 0.15) is 49.4 Å². The minimum atomic E-state index is -3.94. The molecule has 4 aliphatic heterocycles. The van der Waals surface area contributed by atoms with Gasteiger partial charge in [0.25, 0.3) is 0 Å². The molecule has 0 bridgehead atoms. The molecule has 121 heavy (non-hydrogen) atoms. The summed E-state index contributed by atoms with van der Waals surface area (Å²) < 4.78 is 191. The van der Waals surface area contributed by atoms with Crippen molar-refractivity contribution >= 4 is 151 Å². The molecule has 4 aliphatic rings. The molecule has 9 heterocycles. The number of aryl methyl sites for hydroxylation is 1. The monoisotopic (exact) mass is 1750 g/mol. The third kappa shape index (κ3) is 15.2. The van der Waals surface area contributed by atoms with Gasteiger partial charge in [-0.2, -0.15) is 5.10 Å². The highest BCUT2D eigenvalue weighted by atomic mass is 35.5. The molecule has 616 valence electrons. The van der Waals surface area contributed by atoms with Gasteiger partial charge >= 0.3 is 23.9 Å². The lowest BCUT2D eigenvalue weighted by Gasteiger charge is -2.09. The number of carbonyl (C=O) groups is 4. The zero-order valence-electron chi connectivity index (χ0n) is 64.2. The molecule has 0 amide bonds. The predicted octanol–water partition coefficient (Wildman–Crippen LogP) is 15.5. The van der Waals surface area contributed by atoms with E-state index in [-0.39, 0.29) is 61.9 Å². The Kier molecular flexibility index (Phi) is 21.0. The normalized spacial score (nSPS) is 14.8. The molecule has 0 aliphatic carbocycles. The molecule has 0 spiro atoms. The SMILES string of the molecule is Cc1c(C2=CS(=O)(=O)c3cc(-c4cc(F)cc(Cl)c4)ccc32)c2cc(F)ccc2n1CC(=O)O.Cc1c(C2=CS(=O)(=O)c3cc(-c4cnn(C)c4)ccc32)c2cc(F)ccc2n1CC(=O)O.Cc1c(C2=CS(=O)(=O)c3cc(S(C)(=O)=O)ccc32)c2cc(F)ccc2n1CC(=O)O.Cc1c(C2=CS(=O)(=O)c3ccccc32)c2ccccc2n1CC(=O)O. The highest BCUT2D eigenvalue weighted by Gasteiger charge is 2.37. The van der Waals surface area contributed by atoms with Gasteiger partial charge in [0, 0.05) is 185 Å². The lowest BCUT2D eigenvalue weighted by Crippen LogP contribution is -2.10. The standard InChI is InChI=1S/C25H16ClF2NO4S.C23H18FN3O4S.C20H16FNO6S2.C19H15NO4S/c1-13-25(20-10-17(27)3-5-22(20)29(13)11-24(30)31)21-12-34(32,33)23-8-14(2-4-19(21)23)15-6-16(26)9-18(28)7-15;1-13-23(18-8-16(24)4-6-20(18)27(13)11-22(28)29)19-12-32(30,31)21-7-14(3-5-17(19)21)15-9-25-26(2)10-15;1-11-20(15-7-12(21)3-6-17(15)22(11)9-19(23)24)16-10-30(27,28)18-8-13(29(2,25)26)4-5-14(16)18;1-12-19(14-7-2-4-8-16(14)20(12)10-18(21)22)15-11-25(23,24)17-9-5-3-6-13(15)17/h2-10,12H,11H2,1H3,(H,30,31);3-10,12H,11H2,1-2H3,(H,28,29);3-8,10H,9H2,1-2H3,(H,23,24);2-9,11H,10H2,1H3,(H,21,22). The van der Waals surface area contributed by atoms with Gasteiger partial charge in [-0.25, -0.2) is 59.7 Å². The average Bonchev–Trinajstić information content (AvgIpc) is 1.58. The summed E-state index contributed by atoms with van der Waals surface area (Å²) in [5.41, 5.74) is 12.5. The van der Waals surface area contributed by atoms with Crippen molar-refractivity contribution < 1.29 is 99.3 Å². The first-order chi connectivity index (χ1) is 57.0. The van der Waals surface area contributed by atoms with Crippen LogP contribution in [0.1, 0.15) is 67.3 Å². The van der Waals surface area contributed by atoms with E-state index in [1.165, 1.54) is 105 Å². The Morgan fingerprint density at radius 2 is 0.727 bits per heavy atom. The Bertz CT molecular complexity index is 7700. The minimum absolute atomic E-state index is 0.0234. The van der Waals surface area contributed by atoms with Gasteiger partial charge in [-0.15, -0.1) is 0 Å². The fourth-order valence-electron chi connectivity index (χ4n) is 16.2. The summed E-state index contributed by atoms with van der Waals surface area (Å²) in [6, 6.07) is 43.9. The van der Waals surface area contributed by atoms with Crippen molar-refractivity contribution in [3.63, 3.8) is 0 Å². The smallest absolute Gasteiger partial charge is 0.323 e. The third-order valence-electron chi connectivity index (χ3n) is 21.3. The van der Waals surface area contributed by atoms with E-state index in [9.17, 15) is 99.3 Å². The Labute approximate surface area is 692 Å². The molecule has 0 atom stereocenters. The number of carboxylic acid groups (broad SMARTS) is 4. The molecular weight excluding hydrogens is 1690 g/mol. The predicted molar refractivity (Wildman–Crippen MR) is 446 cm³/mol. The van der Waals surface area contributed by atoms with Gasteiger partial charge in [0.2, 0.25) is 39.3 Å². The van der Waals surface area contributed by atoms with E-state index in [0.717, 1.165) is 56.9 Å². The molecule has 0 saturated carbocycles. The summed E-state index contributed by atoms with van der Waals surface area (Å²) in [5.74, 6) is -6.28. The molecule has 0 unspecified atom stereocenters. The Morgan fingerprint density at radius 3 is 1.12 bits per heavy atom. The molecule has 9 aromatic carbocycles. The number of benzene rings is 9. The van der Waals surface area contributed by atoms with Gasteiger partial charge in [-0.1, -0.05) is 78.3 Å². The van der Waals surface area contributed by atoms with Crippen LogP contribution in [-0.2, 0) is 102 Å². The highest BCUT2D eigenvalue weighted by Crippen LogP contribution is 2.49. The van der Waals surface area contributed by atoms with E-state index in [1.54, 1.807) is 103 Å². The van der Waals surface area contributed by atoms with Crippen molar-refractivity contribution in [2.75, 3.05) is 6.26 Å². The maximum absolute atomic E-state index is 14.2. The van der Waals surface area contributed by atoms with Crippen LogP contribution in [-0.4, -0.2) is 121 Å². The number of aromatic nitrogens is 6. The highest BCUT2D eigenvalue weighted by molar-refractivity contribution is 7.96. The number of para-hydroxylation sites is 1. The molecule has 0 radical (unpaired) electrons. The molecule has 24 nitrogen and oxygen atoms in total. The molecule has 0 fully saturated rings. The minimum Gasteiger partial charge on any atom is -0.480 e. The molecular formula is C87H65ClF4N6O18S5. The summed E-state index contributed by atoms with van der Waals surface area (Å²) in [4.78, 5) is 45.7. The van der Waals surface area contributed by atoms with Crippen LogP contribution in [0, 0.1) is 51.0 Å². The maximum Gasteiger partial charge on any atom is 0.323 e. The first kappa shape index (κ1) is 83.0. The summed E-state index contributed by atoms with van der Waals surface area (Å²) in [6.07, 6.45) is 4.44. The second kappa shape index (κ2) is 30.6. The van der Waals surface area contributed by atoms with Gasteiger partial charge < -0.3 is 38.7 Å². The van der Waals surface area contributed by atoms with Crippen molar-refractivity contribution in [3.8, 4) is 22.3 Å². The number of hydrogen-bond donors (Lipinski definition) is 4. The Morgan fingerprint density at radius 1 is 0.380 bits per heavy atom. The van der Waals surface area contributed by atoms with Crippen LogP contribution in [0.2, 0.25) is 5.02 Å². The Hall–Kier alpha value is -13.1. The number of carboxylic acids is 4. The molecule has 34 heteroatoms. The van der Waals surface area contributed by atoms with Gasteiger partial charge in [-0.05, 0) is 154 Å². The fourth-order valence-corrected chi connectivity index (χ4v) is 22.9. The molecule has 18 rings (SSSR count). The van der Waals surface area contributed by atoms with Gasteiger partial charge in [0.05, 0.1) is 30.7 Å². The third-order valence-corrected chi connectivity index (χ3v) is 28.6. The van der Waals surface area contributed by atoms with Crippen LogP contribution in [0.15, 0.2) is 234 Å². The topological polar surface area (TPSA) is 357 Å². The number of fused-ring (bicyclic) bond motifs is 8. The van der Waals surface area contributed by atoms with E-state index in [1.807, 2.05) is 37.3 Å². The quantitative estimate of drug-likeness (QED) is 0.0693. The van der Waals surface area contributed by atoms with Crippen LogP contribution in [0.3, 0.4) is 0 Å². The number of rotatable bonds is 15. The summed E-state index contributed by atoms with van der Waals surface area (Å²) in [7, 11) is -16.9. The van der Waals surface area contributed by atoms with Crippen LogP contribution >= 0.6 is 11.6 Å². The van der Waals surface area contributed by atoms with E-state index in [2.05, 4.69) is 5.10 Å². The zero-order valence-corrected chi connectivity index (χ0v) is 69.0. The zero-order chi connectivity index (χ0) is 86.9. The van der Waals surface area contributed by atoms with E-state index >= 15 is 0 Å². The number of sulfone groups is 5. The molecule has 14 aromatic rings. The van der Waals surface area contributed by atoms with Crippen LogP contribution in [0.25, 0.3) is 88.2 Å². The average molecular weight is 1750 g/mol. The number of aliphatic carboxylic acids is 4. The summed E-state index contributed by atoms with van der Waals surface area (Å²) in [5, 5.41) is 48.2. The second-order valence-electron chi connectivity index (χ2n) is 29.0. The van der Waals surface area contributed by atoms with Crippen molar-refractivity contribution in [3.05, 3.63) is 306 Å². The summed E-state index contributed by atoms with van der Waals surface area (Å²) in [6.45, 7) is 5.61. The van der Waals surface area contributed by atoms with Crippen molar-refractivity contribution in [1.82, 2.24) is 28.0 Å². The lowest BCUT2D eigenvalue weighted by molar-refractivity contribution is -0.138. The van der Waals surface area contributed by atoms with E-state index in [4.69, 9.17) is 11.6 Å². The maximum atomic E-state index is 14.2. The number of nitrogens with zero attached hydrogens (tertiary/aromatic N) is 6. The largest absolute Gasteiger partial charge is 0.480 e. The molecule has 0 saturated heterocycles. The van der Waals surface area contributed by atoms with Gasteiger partial charge in [-0.3, -0.25) is 23.9 Å². The van der Waals surface area contributed by atoms with Crippen LogP contribution < -0.4 is 0 Å². The first-order valence-electron chi connectivity index (χ1n) is 36.4. The van der Waals surface area contributed by atoms with E-state index < -0.39 is 96.3 Å². The number of halogens is 5. The van der Waals surface area contributed by atoms with Crippen LogP contribution in [0.5, 0.6) is 0 Å². The van der Waals surface area contributed by atoms with Crippen LogP contribution in [0.4, 0.5) is 17.6 Å². The fraction of sp³-hybridized carbons (Fsp3) is 0.115. The Balaban J connectivity index is 0.000000126. The van der Waals surface area contributed by atoms with Crippen molar-refractivity contribution in [2.45, 2.75) is 78.4 Å². The second-order valence-corrected chi connectivity index (χ2v) is 38.5. The van der Waals surface area contributed by atoms with Crippen molar-refractivity contribution in [1.29, 1.82) is 0 Å². The van der Waals surface area contributed by atoms with Gasteiger partial charge in [0.15, 0.2) is 9.84 Å². The van der Waals surface area contributed by atoms with E-state index in [0.29, 0.717) is 121 Å². The number of hydrogen-bond acceptors (Lipinski definition) is 15. The first-order valence-corrected chi connectivity index (χ1v) is 44.8. The lowest BCUT2D eigenvalue weighted by atomic mass is 9.95. The summed E-state index contributed by atoms with van der Waals surface area (Å²) >= 11 is 5.96. The molecule has 4 N–H and O–H groups in total. The van der Waals surface area contributed by atoms with Crippen molar-refractivity contribution in [2.24, 2.45) is 7.05 Å².